The number of sulfone groups is 1. The molecule has 0 bridgehead atoms. The van der Waals surface area contributed by atoms with E-state index in [1.54, 1.807) is 17.0 Å². The van der Waals surface area contributed by atoms with Gasteiger partial charge in [-0.1, -0.05) is 6.92 Å². The molecule has 2 rings (SSSR count). The van der Waals surface area contributed by atoms with Crippen LogP contribution in [0.4, 0.5) is 0 Å². The van der Waals surface area contributed by atoms with E-state index in [1.807, 2.05) is 6.92 Å². The second-order valence-electron chi connectivity index (χ2n) is 5.97. The Morgan fingerprint density at radius 1 is 1.16 bits per heavy atom. The average Bonchev–Trinajstić information content (AvgIpc) is 2.97. The van der Waals surface area contributed by atoms with E-state index in [9.17, 15) is 13.2 Å². The predicted molar refractivity (Wildman–Crippen MR) is 94.5 cm³/mol. The summed E-state index contributed by atoms with van der Waals surface area (Å²) >= 11 is 0. The monoisotopic (exact) mass is 371 g/mol. The van der Waals surface area contributed by atoms with Crippen molar-refractivity contribution in [3.05, 3.63) is 17.7 Å². The zero-order valence-corrected chi connectivity index (χ0v) is 15.9. The minimum absolute atomic E-state index is 0.0170. The predicted octanol–water partition coefficient (Wildman–Crippen LogP) is 1.75. The van der Waals surface area contributed by atoms with Gasteiger partial charge in [-0.2, -0.15) is 0 Å². The lowest BCUT2D eigenvalue weighted by atomic mass is 10.1. The molecule has 8 heteroatoms. The van der Waals surface area contributed by atoms with Gasteiger partial charge in [0, 0.05) is 18.2 Å². The summed E-state index contributed by atoms with van der Waals surface area (Å²) in [6.07, 6.45) is 1.21. The van der Waals surface area contributed by atoms with Gasteiger partial charge in [0.1, 0.15) is 0 Å². The van der Waals surface area contributed by atoms with Crippen molar-refractivity contribution in [1.29, 1.82) is 0 Å². The van der Waals surface area contributed by atoms with Crippen LogP contribution >= 0.6 is 0 Å². The van der Waals surface area contributed by atoms with E-state index >= 15 is 0 Å². The van der Waals surface area contributed by atoms with E-state index in [1.165, 1.54) is 21.3 Å². The van der Waals surface area contributed by atoms with Gasteiger partial charge < -0.3 is 19.1 Å². The molecule has 1 aliphatic rings. The van der Waals surface area contributed by atoms with E-state index in [4.69, 9.17) is 14.2 Å². The van der Waals surface area contributed by atoms with Crippen molar-refractivity contribution in [2.75, 3.05) is 39.4 Å². The Hall–Kier alpha value is -1.96. The minimum atomic E-state index is -3.07. The topological polar surface area (TPSA) is 82.1 Å². The van der Waals surface area contributed by atoms with Crippen molar-refractivity contribution < 1.29 is 27.4 Å². The van der Waals surface area contributed by atoms with Crippen molar-refractivity contribution in [3.63, 3.8) is 0 Å². The zero-order valence-electron chi connectivity index (χ0n) is 15.1. The quantitative estimate of drug-likeness (QED) is 0.726. The number of amides is 1. The Labute approximate surface area is 148 Å². The van der Waals surface area contributed by atoms with Crippen LogP contribution < -0.4 is 14.2 Å². The highest BCUT2D eigenvalue weighted by molar-refractivity contribution is 7.91. The molecule has 0 aromatic heterocycles. The van der Waals surface area contributed by atoms with Crippen molar-refractivity contribution >= 4 is 15.7 Å². The van der Waals surface area contributed by atoms with E-state index in [0.29, 0.717) is 35.8 Å². The molecule has 1 heterocycles. The largest absolute Gasteiger partial charge is 0.493 e. The summed E-state index contributed by atoms with van der Waals surface area (Å²) in [5, 5.41) is 0. The number of ether oxygens (including phenoxy) is 3. The molecule has 7 nitrogen and oxygen atoms in total. The standard InChI is InChI=1S/C17H25NO6S/c1-5-7-18(13-6-8-25(20,21)11-13)17(19)12-9-14(22-2)16(24-4)15(10-12)23-3/h9-10,13H,5-8,11H2,1-4H3/t13-/m1/s1. The normalized spacial score (nSPS) is 18.6. The van der Waals surface area contributed by atoms with Crippen LogP contribution in [0.2, 0.25) is 0 Å². The molecule has 1 aromatic rings. The molecule has 1 atom stereocenters. The number of methoxy groups -OCH3 is 3. The average molecular weight is 371 g/mol. The van der Waals surface area contributed by atoms with E-state index in [2.05, 4.69) is 0 Å². The molecule has 0 spiro atoms. The maximum absolute atomic E-state index is 13.0. The number of hydrogen-bond acceptors (Lipinski definition) is 6. The van der Waals surface area contributed by atoms with Crippen LogP contribution in [-0.2, 0) is 9.84 Å². The fourth-order valence-corrected chi connectivity index (χ4v) is 4.81. The van der Waals surface area contributed by atoms with Crippen LogP contribution in [-0.4, -0.2) is 64.6 Å². The SMILES string of the molecule is CCCN(C(=O)c1cc(OC)c(OC)c(OC)c1)[C@@H]1CCS(=O)(=O)C1. The number of rotatable bonds is 7. The first-order valence-corrected chi connectivity index (χ1v) is 10.00. The van der Waals surface area contributed by atoms with E-state index in [0.717, 1.165) is 6.42 Å². The number of benzene rings is 1. The number of carbonyl (C=O) groups is 1. The Kier molecular flexibility index (Phi) is 6.16. The molecule has 1 saturated heterocycles. The maximum atomic E-state index is 13.0. The second-order valence-corrected chi connectivity index (χ2v) is 8.20. The molecular formula is C17H25NO6S. The van der Waals surface area contributed by atoms with Crippen LogP contribution in [0.3, 0.4) is 0 Å². The van der Waals surface area contributed by atoms with Gasteiger partial charge in [0.05, 0.1) is 32.8 Å². The van der Waals surface area contributed by atoms with Crippen LogP contribution in [0.1, 0.15) is 30.1 Å². The third kappa shape index (κ3) is 4.18. The Balaban J connectivity index is 2.39. The summed E-state index contributed by atoms with van der Waals surface area (Å²) in [6.45, 7) is 2.45. The first-order valence-electron chi connectivity index (χ1n) is 8.18. The lowest BCUT2D eigenvalue weighted by molar-refractivity contribution is 0.0696. The molecule has 25 heavy (non-hydrogen) atoms. The van der Waals surface area contributed by atoms with Gasteiger partial charge in [0.2, 0.25) is 5.75 Å². The summed E-state index contributed by atoms with van der Waals surface area (Å²) in [6, 6.07) is 2.89. The van der Waals surface area contributed by atoms with Crippen molar-refractivity contribution in [2.24, 2.45) is 0 Å². The van der Waals surface area contributed by atoms with Gasteiger partial charge in [-0.3, -0.25) is 4.79 Å². The fraction of sp³-hybridized carbons (Fsp3) is 0.588. The molecule has 0 radical (unpaired) electrons. The zero-order chi connectivity index (χ0) is 18.6. The van der Waals surface area contributed by atoms with E-state index < -0.39 is 9.84 Å². The van der Waals surface area contributed by atoms with Crippen LogP contribution in [0, 0.1) is 0 Å². The molecule has 1 aliphatic heterocycles. The number of hydrogen-bond donors (Lipinski definition) is 0. The lowest BCUT2D eigenvalue weighted by Gasteiger charge is -2.28. The Morgan fingerprint density at radius 2 is 1.76 bits per heavy atom. The third-order valence-corrected chi connectivity index (χ3v) is 6.04. The Morgan fingerprint density at radius 3 is 2.16 bits per heavy atom. The molecule has 140 valence electrons. The van der Waals surface area contributed by atoms with E-state index in [-0.39, 0.29) is 23.5 Å². The highest BCUT2D eigenvalue weighted by atomic mass is 32.2. The molecule has 0 aliphatic carbocycles. The highest BCUT2D eigenvalue weighted by Gasteiger charge is 2.35. The van der Waals surface area contributed by atoms with Gasteiger partial charge in [0.15, 0.2) is 21.3 Å². The molecule has 0 N–H and O–H groups in total. The van der Waals surface area contributed by atoms with Gasteiger partial charge in [-0.15, -0.1) is 0 Å². The summed E-state index contributed by atoms with van der Waals surface area (Å²) in [5.74, 6) is 1.10. The van der Waals surface area contributed by atoms with Gasteiger partial charge >= 0.3 is 0 Å². The molecule has 1 fully saturated rings. The Bertz CT molecular complexity index is 706. The second kappa shape index (κ2) is 7.95. The van der Waals surface area contributed by atoms with Crippen LogP contribution in [0.15, 0.2) is 12.1 Å². The van der Waals surface area contributed by atoms with Crippen molar-refractivity contribution in [1.82, 2.24) is 4.90 Å². The van der Waals surface area contributed by atoms with Gasteiger partial charge in [-0.05, 0) is 25.0 Å². The van der Waals surface area contributed by atoms with Crippen molar-refractivity contribution in [3.8, 4) is 17.2 Å². The van der Waals surface area contributed by atoms with Crippen molar-refractivity contribution in [2.45, 2.75) is 25.8 Å². The fourth-order valence-electron chi connectivity index (χ4n) is 3.08. The first-order chi connectivity index (χ1) is 11.9. The summed E-state index contributed by atoms with van der Waals surface area (Å²) in [5.41, 5.74) is 0.382. The van der Waals surface area contributed by atoms with Gasteiger partial charge in [0.25, 0.3) is 5.91 Å². The minimum Gasteiger partial charge on any atom is -0.493 e. The molecule has 0 unspecified atom stereocenters. The van der Waals surface area contributed by atoms with Crippen LogP contribution in [0.25, 0.3) is 0 Å². The van der Waals surface area contributed by atoms with Gasteiger partial charge in [-0.25, -0.2) is 8.42 Å². The maximum Gasteiger partial charge on any atom is 0.254 e. The molecule has 1 aromatic carbocycles. The van der Waals surface area contributed by atoms with Crippen LogP contribution in [0.5, 0.6) is 17.2 Å². The number of carbonyl (C=O) groups excluding carboxylic acids is 1. The third-order valence-electron chi connectivity index (χ3n) is 4.29. The number of nitrogens with zero attached hydrogens (tertiary/aromatic N) is 1. The summed E-state index contributed by atoms with van der Waals surface area (Å²) in [4.78, 5) is 14.7. The molecule has 0 saturated carbocycles. The molecular weight excluding hydrogens is 346 g/mol. The lowest BCUT2D eigenvalue weighted by Crippen LogP contribution is -2.41. The first kappa shape index (κ1) is 19.4. The molecule has 1 amide bonds. The smallest absolute Gasteiger partial charge is 0.254 e. The summed E-state index contributed by atoms with van der Waals surface area (Å²) < 4.78 is 39.5. The highest BCUT2D eigenvalue weighted by Crippen LogP contribution is 2.38. The summed E-state index contributed by atoms with van der Waals surface area (Å²) in [7, 11) is 1.39.